The maximum Gasteiger partial charge on any atom is 0.0784 e. The summed E-state index contributed by atoms with van der Waals surface area (Å²) in [4.78, 5) is 11.0. The van der Waals surface area contributed by atoms with E-state index in [1.807, 2.05) is 0 Å². The molecule has 0 radical (unpaired) electrons. The van der Waals surface area contributed by atoms with Crippen LogP contribution in [0.1, 0.15) is 215 Å². The first kappa shape index (κ1) is 48.7. The van der Waals surface area contributed by atoms with Crippen LogP contribution in [-0.2, 0) is 4.79 Å². The van der Waals surface area contributed by atoms with E-state index in [2.05, 4.69) is 48.6 Å². The molecular weight excluding hydrogens is 683 g/mol. The average Bonchev–Trinajstić information content (AvgIpc) is 3.51. The van der Waals surface area contributed by atoms with Crippen LogP contribution in [-0.4, -0.2) is 70.8 Å². The van der Waals surface area contributed by atoms with Gasteiger partial charge in [0.2, 0.25) is 0 Å². The summed E-state index contributed by atoms with van der Waals surface area (Å²) >= 11 is 0. The smallest absolute Gasteiger partial charge is 0.0784 e. The number of carbonyl (C=O) groups is 1. The molecule has 0 spiro atoms. The topological polar surface area (TPSA) is 101 Å². The maximum absolute atomic E-state index is 11.5. The second-order valence-corrected chi connectivity index (χ2v) is 20.5. The zero-order valence-corrected chi connectivity index (χ0v) is 37.5. The van der Waals surface area contributed by atoms with Crippen molar-refractivity contribution >= 4 is 5.97 Å². The number of carboxylic acids is 1. The van der Waals surface area contributed by atoms with Crippen LogP contribution in [0.2, 0.25) is 0 Å². The summed E-state index contributed by atoms with van der Waals surface area (Å²) in [6.07, 6.45) is 31.6. The van der Waals surface area contributed by atoms with Crippen molar-refractivity contribution in [3.05, 3.63) is 0 Å². The van der Waals surface area contributed by atoms with E-state index in [0.29, 0.717) is 18.3 Å². The monoisotopic (exact) mass is 776 g/mol. The SMILES string of the molecule is CCCCCCCC[N+](C)(CCCCCCCC)CCCCCCCC.C[C@H](CCC(=O)[O-])[C@@H]1CCC2C3C(C[C@H](O)[C@@]21C)[C@@]1(C)CC[C@@H](O)C[C@H]1C[C@H]3O. The summed E-state index contributed by atoms with van der Waals surface area (Å²) in [7, 11) is 2.56. The van der Waals surface area contributed by atoms with Gasteiger partial charge in [-0.15, -0.1) is 0 Å². The van der Waals surface area contributed by atoms with E-state index >= 15 is 0 Å². The summed E-state index contributed by atoms with van der Waals surface area (Å²) in [5.41, 5.74) is -0.172. The Morgan fingerprint density at radius 1 is 0.691 bits per heavy atom. The molecule has 11 atom stereocenters. The highest BCUT2D eigenvalue weighted by Crippen LogP contribution is 2.68. The fraction of sp³-hybridized carbons (Fsp3) is 0.980. The van der Waals surface area contributed by atoms with Gasteiger partial charge in [0.15, 0.2) is 0 Å². The van der Waals surface area contributed by atoms with Gasteiger partial charge in [-0.1, -0.05) is 119 Å². The van der Waals surface area contributed by atoms with Crippen LogP contribution < -0.4 is 5.11 Å². The highest BCUT2D eigenvalue weighted by molar-refractivity contribution is 5.64. The number of nitrogens with zero attached hydrogens (tertiary/aromatic N) is 1. The molecule has 0 aliphatic heterocycles. The quantitative estimate of drug-likeness (QED) is 0.0633. The Balaban J connectivity index is 0.000000298. The lowest BCUT2D eigenvalue weighted by atomic mass is 9.43. The van der Waals surface area contributed by atoms with E-state index in [9.17, 15) is 25.2 Å². The summed E-state index contributed by atoms with van der Waals surface area (Å²) < 4.78 is 1.36. The Kier molecular flexibility index (Phi) is 21.6. The third-order valence-electron chi connectivity index (χ3n) is 16.5. The molecule has 4 aliphatic carbocycles. The first-order valence-electron chi connectivity index (χ1n) is 24.3. The van der Waals surface area contributed by atoms with Crippen LogP contribution in [0, 0.1) is 46.3 Å². The van der Waals surface area contributed by atoms with Gasteiger partial charge >= 0.3 is 0 Å². The van der Waals surface area contributed by atoms with Crippen LogP contribution in [0.3, 0.4) is 0 Å². The van der Waals surface area contributed by atoms with Gasteiger partial charge < -0.3 is 29.7 Å². The van der Waals surface area contributed by atoms with Crippen molar-refractivity contribution in [1.82, 2.24) is 0 Å². The molecule has 4 rings (SSSR count). The molecule has 0 amide bonds. The molecule has 6 nitrogen and oxygen atoms in total. The lowest BCUT2D eigenvalue weighted by Crippen LogP contribution is -2.62. The summed E-state index contributed by atoms with van der Waals surface area (Å²) in [6.45, 7) is 17.9. The Morgan fingerprint density at radius 3 is 1.67 bits per heavy atom. The second kappa shape index (κ2) is 24.4. The van der Waals surface area contributed by atoms with Crippen molar-refractivity contribution in [2.24, 2.45) is 46.3 Å². The fourth-order valence-corrected chi connectivity index (χ4v) is 12.8. The minimum Gasteiger partial charge on any atom is -0.550 e. The standard InChI is InChI=1S/C25H54N.C24H40O5/c1-5-8-11-14-17-20-23-26(4,24-21-18-15-12-9-6-2)25-22-19-16-13-10-7-3;1-13(4-7-21(28)29)16-5-6-17-22-18(12-20(27)24(16,17)3)23(2)9-8-15(25)10-14(23)11-19(22)26/h5-25H2,1-4H3;13-20,22,25-27H,4-12H2,1-3H3,(H,28,29)/q+1;/p-1/t;13-,14+,15-,16+,17?,18?,19-,20+,22?,23+,24-/m.1/s1. The van der Waals surface area contributed by atoms with Gasteiger partial charge in [-0.05, 0) is 143 Å². The Morgan fingerprint density at radius 2 is 1.18 bits per heavy atom. The molecule has 0 aromatic heterocycles. The Bertz CT molecular complexity index is 1010. The first-order chi connectivity index (χ1) is 26.3. The summed E-state index contributed by atoms with van der Waals surface area (Å²) in [5, 5.41) is 43.9. The lowest BCUT2D eigenvalue weighted by molar-refractivity contribution is -0.910. The van der Waals surface area contributed by atoms with E-state index < -0.39 is 12.1 Å². The molecule has 4 aliphatic rings. The van der Waals surface area contributed by atoms with Gasteiger partial charge in [0.05, 0.1) is 45.0 Å². The average molecular weight is 776 g/mol. The predicted octanol–water partition coefficient (Wildman–Crippen LogP) is 10.6. The summed E-state index contributed by atoms with van der Waals surface area (Å²) in [6, 6.07) is 0. The van der Waals surface area contributed by atoms with Gasteiger partial charge in [-0.25, -0.2) is 0 Å². The molecule has 0 bridgehead atoms. The van der Waals surface area contributed by atoms with E-state index in [-0.39, 0.29) is 53.1 Å². The van der Waals surface area contributed by atoms with Crippen molar-refractivity contribution < 1.29 is 29.7 Å². The van der Waals surface area contributed by atoms with Gasteiger partial charge in [-0.2, -0.15) is 0 Å². The van der Waals surface area contributed by atoms with Gasteiger partial charge in [0.25, 0.3) is 0 Å². The number of carboxylic acid groups (broad SMARTS) is 1. The number of rotatable bonds is 25. The van der Waals surface area contributed by atoms with Crippen molar-refractivity contribution in [3.8, 4) is 0 Å². The van der Waals surface area contributed by atoms with Crippen molar-refractivity contribution in [2.75, 3.05) is 26.7 Å². The number of fused-ring (bicyclic) bond motifs is 5. The van der Waals surface area contributed by atoms with Crippen molar-refractivity contribution in [1.29, 1.82) is 0 Å². The van der Waals surface area contributed by atoms with Crippen LogP contribution in [0.15, 0.2) is 0 Å². The first-order valence-corrected chi connectivity index (χ1v) is 24.3. The molecule has 0 heterocycles. The molecule has 0 aromatic rings. The molecule has 0 aromatic carbocycles. The number of hydrogen-bond donors (Lipinski definition) is 3. The Labute approximate surface area is 341 Å². The third kappa shape index (κ3) is 13.9. The zero-order chi connectivity index (χ0) is 40.5. The number of aliphatic hydroxyl groups is 3. The summed E-state index contributed by atoms with van der Waals surface area (Å²) in [5.74, 6) is 0.635. The molecule has 4 fully saturated rings. The number of quaternary nitrogens is 1. The number of carbonyl (C=O) groups excluding carboxylic acids is 1. The number of aliphatic hydroxyl groups excluding tert-OH is 3. The second-order valence-electron chi connectivity index (χ2n) is 20.5. The van der Waals surface area contributed by atoms with E-state index in [1.165, 1.54) is 140 Å². The molecule has 0 saturated heterocycles. The molecule has 3 unspecified atom stereocenters. The van der Waals surface area contributed by atoms with E-state index in [0.717, 1.165) is 44.9 Å². The molecular formula is C49H93NO5. The predicted molar refractivity (Wildman–Crippen MR) is 228 cm³/mol. The van der Waals surface area contributed by atoms with E-state index in [1.54, 1.807) is 0 Å². The molecule has 3 N–H and O–H groups in total. The maximum atomic E-state index is 11.5. The van der Waals surface area contributed by atoms with Gasteiger partial charge in [-0.3, -0.25) is 0 Å². The highest BCUT2D eigenvalue weighted by Gasteiger charge is 2.65. The minimum atomic E-state index is -0.998. The molecule has 6 heteroatoms. The largest absolute Gasteiger partial charge is 0.550 e. The van der Waals surface area contributed by atoms with Crippen molar-refractivity contribution in [3.63, 3.8) is 0 Å². The van der Waals surface area contributed by atoms with Crippen LogP contribution in [0.25, 0.3) is 0 Å². The van der Waals surface area contributed by atoms with Crippen LogP contribution in [0.4, 0.5) is 0 Å². The number of unbranched alkanes of at least 4 members (excludes halogenated alkanes) is 15. The minimum absolute atomic E-state index is 0.0747. The lowest BCUT2D eigenvalue weighted by Gasteiger charge is -2.63. The number of hydrogen-bond acceptors (Lipinski definition) is 5. The number of aliphatic carboxylic acids is 1. The van der Waals surface area contributed by atoms with Crippen LogP contribution in [0.5, 0.6) is 0 Å². The van der Waals surface area contributed by atoms with Gasteiger partial charge in [0, 0.05) is 5.97 Å². The molecule has 55 heavy (non-hydrogen) atoms. The molecule has 4 saturated carbocycles. The van der Waals surface area contributed by atoms with Crippen molar-refractivity contribution in [2.45, 2.75) is 233 Å². The zero-order valence-electron chi connectivity index (χ0n) is 37.5. The Hall–Kier alpha value is -0.690. The van der Waals surface area contributed by atoms with Gasteiger partial charge in [0.1, 0.15) is 0 Å². The van der Waals surface area contributed by atoms with E-state index in [4.69, 9.17) is 0 Å². The highest BCUT2D eigenvalue weighted by atomic mass is 16.4. The van der Waals surface area contributed by atoms with Crippen LogP contribution >= 0.6 is 0 Å². The molecule has 324 valence electrons. The normalized spacial score (nSPS) is 33.6. The third-order valence-corrected chi connectivity index (χ3v) is 16.5. The fourth-order valence-electron chi connectivity index (χ4n) is 12.8.